The minimum Gasteiger partial charge on any atom is -0.350 e. The fourth-order valence-corrected chi connectivity index (χ4v) is 2.39. The van der Waals surface area contributed by atoms with E-state index >= 15 is 0 Å². The topological polar surface area (TPSA) is 29.1 Å². The first-order valence-corrected chi connectivity index (χ1v) is 6.10. The van der Waals surface area contributed by atoms with E-state index in [9.17, 15) is 4.79 Å². The van der Waals surface area contributed by atoms with Gasteiger partial charge in [-0.1, -0.05) is 6.92 Å². The van der Waals surface area contributed by atoms with Crippen molar-refractivity contribution in [1.82, 2.24) is 5.32 Å². The quantitative estimate of drug-likeness (QED) is 0.708. The van der Waals surface area contributed by atoms with Crippen molar-refractivity contribution in [2.75, 3.05) is 5.75 Å². The van der Waals surface area contributed by atoms with Crippen molar-refractivity contribution in [2.45, 2.75) is 43.2 Å². The van der Waals surface area contributed by atoms with Crippen LogP contribution in [0.5, 0.6) is 0 Å². The van der Waals surface area contributed by atoms with Gasteiger partial charge < -0.3 is 5.32 Å². The van der Waals surface area contributed by atoms with E-state index in [0.29, 0.717) is 6.04 Å². The summed E-state index contributed by atoms with van der Waals surface area (Å²) in [5.41, 5.74) is 0. The Morgan fingerprint density at radius 2 is 2.38 bits per heavy atom. The van der Waals surface area contributed by atoms with Gasteiger partial charge in [-0.25, -0.2) is 0 Å². The maximum atomic E-state index is 11.5. The zero-order chi connectivity index (χ0) is 10.1. The summed E-state index contributed by atoms with van der Waals surface area (Å²) in [5, 5.41) is 2.87. The summed E-state index contributed by atoms with van der Waals surface area (Å²) in [5.74, 6) is 1.10. The molecule has 1 rings (SSSR count). The van der Waals surface area contributed by atoms with Crippen LogP contribution < -0.4 is 5.32 Å². The van der Waals surface area contributed by atoms with Crippen LogP contribution in [0.15, 0.2) is 0 Å². The summed E-state index contributed by atoms with van der Waals surface area (Å²) in [7, 11) is 0. The molecule has 2 nitrogen and oxygen atoms in total. The molecule has 0 aromatic heterocycles. The molecule has 0 bridgehead atoms. The zero-order valence-electron chi connectivity index (χ0n) is 8.33. The van der Waals surface area contributed by atoms with Crippen molar-refractivity contribution in [3.8, 4) is 0 Å². The Bertz CT molecular complexity index is 206. The van der Waals surface area contributed by atoms with Crippen LogP contribution in [0.2, 0.25) is 0 Å². The van der Waals surface area contributed by atoms with Crippen molar-refractivity contribution >= 4 is 30.3 Å². The maximum absolute atomic E-state index is 11.5. The monoisotopic (exact) mass is 219 g/mol. The van der Waals surface area contributed by atoms with Gasteiger partial charge in [0.25, 0.3) is 0 Å². The second kappa shape index (κ2) is 4.13. The van der Waals surface area contributed by atoms with Gasteiger partial charge in [0, 0.05) is 10.5 Å². The van der Waals surface area contributed by atoms with E-state index in [1.54, 1.807) is 0 Å². The van der Waals surface area contributed by atoms with E-state index in [0.717, 1.165) is 12.2 Å². The molecule has 2 unspecified atom stereocenters. The molecule has 1 saturated heterocycles. The molecule has 0 aromatic carbocycles. The summed E-state index contributed by atoms with van der Waals surface area (Å²) >= 11 is 6.09. The molecule has 0 aliphatic carbocycles. The largest absolute Gasteiger partial charge is 0.350 e. The number of carbonyl (C=O) groups is 1. The Morgan fingerprint density at radius 1 is 1.77 bits per heavy atom. The third-order valence-corrected chi connectivity index (χ3v) is 4.60. The average Bonchev–Trinajstić information content (AvgIpc) is 2.10. The van der Waals surface area contributed by atoms with Crippen LogP contribution in [0, 0.1) is 0 Å². The Kier molecular flexibility index (Phi) is 3.57. The number of thiol groups is 1. The first kappa shape index (κ1) is 11.2. The minimum absolute atomic E-state index is 0.0733. The normalized spacial score (nSPS) is 27.5. The second-order valence-corrected chi connectivity index (χ2v) is 6.20. The summed E-state index contributed by atoms with van der Waals surface area (Å²) < 4.78 is 0.205. The van der Waals surface area contributed by atoms with E-state index in [4.69, 9.17) is 0 Å². The smallest absolute Gasteiger partial charge is 0.233 e. The van der Waals surface area contributed by atoms with Gasteiger partial charge >= 0.3 is 0 Å². The molecular formula is C9H17NOS2. The van der Waals surface area contributed by atoms with Crippen molar-refractivity contribution in [2.24, 2.45) is 0 Å². The molecule has 1 fully saturated rings. The number of amides is 1. The third kappa shape index (κ3) is 2.56. The van der Waals surface area contributed by atoms with E-state index in [1.807, 2.05) is 18.7 Å². The molecule has 4 heteroatoms. The highest BCUT2D eigenvalue weighted by atomic mass is 32.2. The van der Waals surface area contributed by atoms with Gasteiger partial charge in [0.2, 0.25) is 5.91 Å². The number of nitrogens with one attached hydrogen (secondary N) is 1. The fourth-order valence-electron chi connectivity index (χ4n) is 1.17. The molecular weight excluding hydrogens is 202 g/mol. The lowest BCUT2D eigenvalue weighted by Gasteiger charge is -2.44. The van der Waals surface area contributed by atoms with Crippen molar-refractivity contribution < 1.29 is 4.79 Å². The van der Waals surface area contributed by atoms with E-state index in [1.165, 1.54) is 0 Å². The third-order valence-electron chi connectivity index (χ3n) is 2.47. The first-order chi connectivity index (χ1) is 5.97. The lowest BCUT2D eigenvalue weighted by molar-refractivity contribution is -0.121. The molecule has 1 aliphatic heterocycles. The highest BCUT2D eigenvalue weighted by molar-refractivity contribution is 8.02. The Labute approximate surface area is 89.6 Å². The molecule has 1 amide bonds. The van der Waals surface area contributed by atoms with E-state index < -0.39 is 0 Å². The van der Waals surface area contributed by atoms with Crippen LogP contribution in [0.1, 0.15) is 27.2 Å². The molecule has 1 aliphatic rings. The molecule has 0 aromatic rings. The zero-order valence-corrected chi connectivity index (χ0v) is 10.0. The van der Waals surface area contributed by atoms with Crippen LogP contribution >= 0.6 is 24.4 Å². The van der Waals surface area contributed by atoms with Crippen LogP contribution in [-0.4, -0.2) is 27.7 Å². The summed E-state index contributed by atoms with van der Waals surface area (Å²) in [4.78, 5) is 11.5. The number of hydrogen-bond acceptors (Lipinski definition) is 3. The average molecular weight is 219 g/mol. The predicted molar refractivity (Wildman–Crippen MR) is 61.5 cm³/mol. The standard InChI is InChI=1S/C9H17NOS2/c1-4-6(12)8(11)10-7-5-13-9(7,2)3/h6-7,12H,4-5H2,1-3H3,(H,10,11). The molecule has 0 saturated carbocycles. The Morgan fingerprint density at radius 3 is 2.69 bits per heavy atom. The maximum Gasteiger partial charge on any atom is 0.233 e. The van der Waals surface area contributed by atoms with Gasteiger partial charge in [0.1, 0.15) is 0 Å². The molecule has 76 valence electrons. The summed E-state index contributed by atoms with van der Waals surface area (Å²) in [6, 6.07) is 0.325. The molecule has 0 spiro atoms. The second-order valence-electron chi connectivity index (χ2n) is 3.90. The lowest BCUT2D eigenvalue weighted by atomic mass is 10.0. The highest BCUT2D eigenvalue weighted by Crippen LogP contribution is 2.39. The van der Waals surface area contributed by atoms with Crippen LogP contribution in [0.25, 0.3) is 0 Å². The van der Waals surface area contributed by atoms with Crippen molar-refractivity contribution in [3.05, 3.63) is 0 Å². The minimum atomic E-state index is -0.151. The number of thioether (sulfide) groups is 1. The molecule has 2 atom stereocenters. The summed E-state index contributed by atoms with van der Waals surface area (Å²) in [6.45, 7) is 6.29. The van der Waals surface area contributed by atoms with Gasteiger partial charge in [-0.15, -0.1) is 0 Å². The van der Waals surface area contributed by atoms with Crippen LogP contribution in [0.4, 0.5) is 0 Å². The van der Waals surface area contributed by atoms with Gasteiger partial charge in [-0.3, -0.25) is 4.79 Å². The van der Waals surface area contributed by atoms with Gasteiger partial charge in [-0.2, -0.15) is 24.4 Å². The molecule has 1 heterocycles. The fraction of sp³-hybridized carbons (Fsp3) is 0.889. The number of carbonyl (C=O) groups excluding carboxylic acids is 1. The summed E-state index contributed by atoms with van der Waals surface area (Å²) in [6.07, 6.45) is 0.787. The van der Waals surface area contributed by atoms with Gasteiger partial charge in [0.05, 0.1) is 11.3 Å². The highest BCUT2D eigenvalue weighted by Gasteiger charge is 2.40. The van der Waals surface area contributed by atoms with Crippen molar-refractivity contribution in [3.63, 3.8) is 0 Å². The number of hydrogen-bond donors (Lipinski definition) is 2. The predicted octanol–water partition coefficient (Wildman–Crippen LogP) is 1.70. The van der Waals surface area contributed by atoms with Gasteiger partial charge in [-0.05, 0) is 20.3 Å². The first-order valence-electron chi connectivity index (χ1n) is 4.59. The molecule has 1 N–H and O–H groups in total. The van der Waals surface area contributed by atoms with Crippen LogP contribution in [-0.2, 0) is 4.79 Å². The van der Waals surface area contributed by atoms with Gasteiger partial charge in [0.15, 0.2) is 0 Å². The molecule has 13 heavy (non-hydrogen) atoms. The molecule has 0 radical (unpaired) electrons. The SMILES string of the molecule is CCC(S)C(=O)NC1CSC1(C)C. The Hall–Kier alpha value is 0.170. The van der Waals surface area contributed by atoms with Crippen molar-refractivity contribution in [1.29, 1.82) is 0 Å². The van der Waals surface area contributed by atoms with Crippen LogP contribution in [0.3, 0.4) is 0 Å². The number of rotatable bonds is 3. The lowest BCUT2D eigenvalue weighted by Crippen LogP contribution is -2.57. The Balaban J connectivity index is 2.37. The van der Waals surface area contributed by atoms with E-state index in [2.05, 4.69) is 31.8 Å². The van der Waals surface area contributed by atoms with E-state index in [-0.39, 0.29) is 15.9 Å².